The third-order valence-electron chi connectivity index (χ3n) is 2.09. The van der Waals surface area contributed by atoms with Crippen molar-refractivity contribution in [2.75, 3.05) is 31.7 Å². The van der Waals surface area contributed by atoms with Crippen LogP contribution in [0.2, 0.25) is 0 Å². The molecular formula is C9H17ClN2O3S. The number of nitrogens with one attached hydrogen (secondary N) is 2. The highest BCUT2D eigenvalue weighted by Gasteiger charge is 2.16. The Hall–Kier alpha value is -0.460. The summed E-state index contributed by atoms with van der Waals surface area (Å²) in [4.78, 5) is 22.1. The number of halogens is 1. The fourth-order valence-electron chi connectivity index (χ4n) is 1.29. The molecule has 16 heavy (non-hydrogen) atoms. The van der Waals surface area contributed by atoms with Crippen molar-refractivity contribution in [3.05, 3.63) is 0 Å². The summed E-state index contributed by atoms with van der Waals surface area (Å²) < 4.78 is 4.42. The van der Waals surface area contributed by atoms with E-state index >= 15 is 0 Å². The second-order valence-corrected chi connectivity index (χ2v) is 4.43. The smallest absolute Gasteiger partial charge is 0.325 e. The molecule has 94 valence electrons. The molecule has 0 aromatic heterocycles. The van der Waals surface area contributed by atoms with E-state index in [0.29, 0.717) is 6.42 Å². The molecule has 1 fully saturated rings. The minimum Gasteiger partial charge on any atom is -0.468 e. The van der Waals surface area contributed by atoms with Gasteiger partial charge in [0.05, 0.1) is 7.11 Å². The summed E-state index contributed by atoms with van der Waals surface area (Å²) >= 11 is 1.84. The third kappa shape index (κ3) is 6.19. The number of hydrogen-bond donors (Lipinski definition) is 2. The zero-order valence-electron chi connectivity index (χ0n) is 9.15. The standard InChI is InChI=1S/C9H16N2O3S.ClH/c1-14-9(13)5-11-8(12)4-7-6-15-3-2-10-7;/h7,10H,2-6H2,1H3,(H,11,12);1H. The summed E-state index contributed by atoms with van der Waals surface area (Å²) in [5.74, 6) is 1.51. The monoisotopic (exact) mass is 268 g/mol. The molecule has 1 aliphatic rings. The maximum absolute atomic E-state index is 11.4. The van der Waals surface area contributed by atoms with Crippen molar-refractivity contribution in [1.29, 1.82) is 0 Å². The molecule has 1 saturated heterocycles. The summed E-state index contributed by atoms with van der Waals surface area (Å²) in [7, 11) is 1.30. The van der Waals surface area contributed by atoms with Crippen molar-refractivity contribution < 1.29 is 14.3 Å². The molecule has 1 atom stereocenters. The number of ether oxygens (including phenoxy) is 1. The fraction of sp³-hybridized carbons (Fsp3) is 0.778. The van der Waals surface area contributed by atoms with Crippen LogP contribution in [-0.4, -0.2) is 49.6 Å². The molecule has 0 radical (unpaired) electrons. The predicted octanol–water partition coefficient (Wildman–Crippen LogP) is -0.208. The van der Waals surface area contributed by atoms with Gasteiger partial charge in [0, 0.05) is 30.5 Å². The summed E-state index contributed by atoms with van der Waals surface area (Å²) in [6.07, 6.45) is 0.421. The summed E-state index contributed by atoms with van der Waals surface area (Å²) in [6, 6.07) is 0.224. The molecule has 1 amide bonds. The van der Waals surface area contributed by atoms with Crippen LogP contribution in [0.1, 0.15) is 6.42 Å². The summed E-state index contributed by atoms with van der Waals surface area (Å²) in [5, 5.41) is 5.77. The average molecular weight is 269 g/mol. The van der Waals surface area contributed by atoms with Gasteiger partial charge in [-0.1, -0.05) is 0 Å². The van der Waals surface area contributed by atoms with Crippen molar-refractivity contribution >= 4 is 36.0 Å². The van der Waals surface area contributed by atoms with Gasteiger partial charge < -0.3 is 15.4 Å². The van der Waals surface area contributed by atoms with Crippen LogP contribution in [0, 0.1) is 0 Å². The van der Waals surface area contributed by atoms with Crippen molar-refractivity contribution in [3.8, 4) is 0 Å². The molecular weight excluding hydrogens is 252 g/mol. The maximum Gasteiger partial charge on any atom is 0.325 e. The number of esters is 1. The van der Waals surface area contributed by atoms with Crippen molar-refractivity contribution in [2.45, 2.75) is 12.5 Å². The lowest BCUT2D eigenvalue weighted by Gasteiger charge is -2.22. The van der Waals surface area contributed by atoms with E-state index in [1.165, 1.54) is 7.11 Å². The van der Waals surface area contributed by atoms with Gasteiger partial charge in [-0.2, -0.15) is 11.8 Å². The van der Waals surface area contributed by atoms with Crippen LogP contribution in [0.3, 0.4) is 0 Å². The second-order valence-electron chi connectivity index (χ2n) is 3.28. The molecule has 7 heteroatoms. The van der Waals surface area contributed by atoms with Crippen LogP contribution < -0.4 is 10.6 Å². The Balaban J connectivity index is 0.00000225. The van der Waals surface area contributed by atoms with Gasteiger partial charge in [0.2, 0.25) is 5.91 Å². The normalized spacial score (nSPS) is 19.4. The number of rotatable bonds is 4. The van der Waals surface area contributed by atoms with Crippen LogP contribution in [0.4, 0.5) is 0 Å². The maximum atomic E-state index is 11.4. The molecule has 0 aromatic rings. The SMILES string of the molecule is COC(=O)CNC(=O)CC1CSCCN1.Cl. The van der Waals surface area contributed by atoms with E-state index in [4.69, 9.17) is 0 Å². The molecule has 0 saturated carbocycles. The lowest BCUT2D eigenvalue weighted by molar-refractivity contribution is -0.141. The largest absolute Gasteiger partial charge is 0.468 e. The molecule has 0 bridgehead atoms. The predicted molar refractivity (Wildman–Crippen MR) is 66.0 cm³/mol. The van der Waals surface area contributed by atoms with Gasteiger partial charge in [-0.25, -0.2) is 0 Å². The van der Waals surface area contributed by atoms with E-state index in [2.05, 4.69) is 15.4 Å². The van der Waals surface area contributed by atoms with Crippen molar-refractivity contribution in [1.82, 2.24) is 10.6 Å². The number of amides is 1. The number of carbonyl (C=O) groups excluding carboxylic acids is 2. The number of hydrogen-bond acceptors (Lipinski definition) is 5. The highest BCUT2D eigenvalue weighted by molar-refractivity contribution is 7.99. The quantitative estimate of drug-likeness (QED) is 0.691. The second kappa shape index (κ2) is 8.66. The first-order valence-electron chi connectivity index (χ1n) is 4.87. The first-order valence-corrected chi connectivity index (χ1v) is 6.02. The first-order chi connectivity index (χ1) is 7.22. The van der Waals surface area contributed by atoms with Gasteiger partial charge in [-0.3, -0.25) is 9.59 Å². The van der Waals surface area contributed by atoms with Gasteiger partial charge in [0.15, 0.2) is 0 Å². The fourth-order valence-corrected chi connectivity index (χ4v) is 2.24. The minimum absolute atomic E-state index is 0. The average Bonchev–Trinajstić information content (AvgIpc) is 2.27. The van der Waals surface area contributed by atoms with E-state index in [-0.39, 0.29) is 30.9 Å². The van der Waals surface area contributed by atoms with E-state index in [0.717, 1.165) is 18.1 Å². The van der Waals surface area contributed by atoms with Crippen LogP contribution in [0.5, 0.6) is 0 Å². The van der Waals surface area contributed by atoms with Crippen molar-refractivity contribution in [2.24, 2.45) is 0 Å². The molecule has 5 nitrogen and oxygen atoms in total. The van der Waals surface area contributed by atoms with E-state index in [1.807, 2.05) is 11.8 Å². The highest BCUT2D eigenvalue weighted by atomic mass is 35.5. The van der Waals surface area contributed by atoms with E-state index in [9.17, 15) is 9.59 Å². The molecule has 1 unspecified atom stereocenters. The molecule has 0 aromatic carbocycles. The number of carbonyl (C=O) groups is 2. The summed E-state index contributed by atoms with van der Waals surface area (Å²) in [6.45, 7) is 0.898. The topological polar surface area (TPSA) is 67.4 Å². The highest BCUT2D eigenvalue weighted by Crippen LogP contribution is 2.09. The van der Waals surface area contributed by atoms with E-state index < -0.39 is 5.97 Å². The Kier molecular flexibility index (Phi) is 8.42. The lowest BCUT2D eigenvalue weighted by Crippen LogP contribution is -2.42. The summed E-state index contributed by atoms with van der Waals surface area (Å²) in [5.41, 5.74) is 0. The molecule has 1 aliphatic heterocycles. The molecule has 1 rings (SSSR count). The Morgan fingerprint density at radius 2 is 2.31 bits per heavy atom. The van der Waals surface area contributed by atoms with Crippen LogP contribution in [0.15, 0.2) is 0 Å². The van der Waals surface area contributed by atoms with Gasteiger partial charge >= 0.3 is 5.97 Å². The van der Waals surface area contributed by atoms with Gasteiger partial charge in [0.25, 0.3) is 0 Å². The molecule has 2 N–H and O–H groups in total. The molecule has 0 aliphatic carbocycles. The van der Waals surface area contributed by atoms with Crippen LogP contribution >= 0.6 is 24.2 Å². The van der Waals surface area contributed by atoms with Gasteiger partial charge in [-0.15, -0.1) is 12.4 Å². The zero-order valence-corrected chi connectivity index (χ0v) is 10.8. The first kappa shape index (κ1) is 15.5. The van der Waals surface area contributed by atoms with Gasteiger partial charge in [0.1, 0.15) is 6.54 Å². The lowest BCUT2D eigenvalue weighted by atomic mass is 10.2. The minimum atomic E-state index is -0.422. The molecule has 0 spiro atoms. The Morgan fingerprint density at radius 1 is 1.56 bits per heavy atom. The zero-order chi connectivity index (χ0) is 11.1. The number of thioether (sulfide) groups is 1. The van der Waals surface area contributed by atoms with Crippen LogP contribution in [0.25, 0.3) is 0 Å². The third-order valence-corrected chi connectivity index (χ3v) is 3.22. The van der Waals surface area contributed by atoms with Crippen molar-refractivity contribution in [3.63, 3.8) is 0 Å². The Bertz CT molecular complexity index is 235. The Morgan fingerprint density at radius 3 is 2.88 bits per heavy atom. The van der Waals surface area contributed by atoms with Gasteiger partial charge in [-0.05, 0) is 0 Å². The number of methoxy groups -OCH3 is 1. The van der Waals surface area contributed by atoms with Crippen LogP contribution in [-0.2, 0) is 14.3 Å². The Labute approximate surface area is 105 Å². The van der Waals surface area contributed by atoms with E-state index in [1.54, 1.807) is 0 Å². The molecule has 1 heterocycles.